The summed E-state index contributed by atoms with van der Waals surface area (Å²) < 4.78 is 19.7. The number of hydrogen-bond donors (Lipinski definition) is 1. The molecule has 212 valence electrons. The molecule has 0 radical (unpaired) electrons. The van der Waals surface area contributed by atoms with E-state index in [-0.39, 0.29) is 18.0 Å². The van der Waals surface area contributed by atoms with Crippen LogP contribution in [0, 0.1) is 11.7 Å². The largest absolute Gasteiger partial charge is 0.444 e. The molecule has 2 amide bonds. The molecule has 4 rings (SSSR count). The fraction of sp³-hybridized carbons (Fsp3) is 0.562. The van der Waals surface area contributed by atoms with Gasteiger partial charge in [-0.3, -0.25) is 9.69 Å². The molecule has 39 heavy (non-hydrogen) atoms. The van der Waals surface area contributed by atoms with Crippen LogP contribution in [0.3, 0.4) is 0 Å². The normalized spacial score (nSPS) is 24.3. The van der Waals surface area contributed by atoms with Crippen molar-refractivity contribution >= 4 is 12.0 Å². The Balaban J connectivity index is 1.42. The summed E-state index contributed by atoms with van der Waals surface area (Å²) in [6.45, 7) is 7.79. The molecule has 2 fully saturated rings. The maximum Gasteiger partial charge on any atom is 0.410 e. The maximum absolute atomic E-state index is 13.9. The topological polar surface area (TPSA) is 70.1 Å². The Bertz CT molecular complexity index is 1110. The second-order valence-corrected chi connectivity index (χ2v) is 12.2. The summed E-state index contributed by atoms with van der Waals surface area (Å²) in [5.74, 6) is 0.115. The number of halogens is 1. The number of likely N-dealkylation sites (tertiary alicyclic amines) is 1. The molecular formula is C32H43FN2O4. The molecule has 1 heterocycles. The van der Waals surface area contributed by atoms with E-state index < -0.39 is 29.7 Å². The van der Waals surface area contributed by atoms with Crippen molar-refractivity contribution in [2.45, 2.75) is 109 Å². The van der Waals surface area contributed by atoms with Gasteiger partial charge in [0.25, 0.3) is 0 Å². The number of carbonyl (C=O) groups excluding carboxylic acids is 2. The predicted octanol–water partition coefficient (Wildman–Crippen LogP) is 6.62. The lowest BCUT2D eigenvalue weighted by molar-refractivity contribution is -0.132. The van der Waals surface area contributed by atoms with Crippen LogP contribution >= 0.6 is 0 Å². The van der Waals surface area contributed by atoms with Gasteiger partial charge in [0.2, 0.25) is 5.91 Å². The molecule has 2 aromatic rings. The summed E-state index contributed by atoms with van der Waals surface area (Å²) in [5, 5.41) is 11.2. The molecule has 0 unspecified atom stereocenters. The highest BCUT2D eigenvalue weighted by molar-refractivity contribution is 5.73. The van der Waals surface area contributed by atoms with Crippen molar-refractivity contribution in [3.05, 3.63) is 71.5 Å². The Morgan fingerprint density at radius 2 is 1.72 bits per heavy atom. The Labute approximate surface area is 232 Å². The SMILES string of the molecule is CC(=O)N(Cc1ccccc1)C1CCC(C[C@@H]2CC[C@H]([C@H](O)c3cccc(F)c3)N2C(=O)OC(C)(C)C)CC1. The molecule has 3 atom stereocenters. The van der Waals surface area contributed by atoms with E-state index in [1.807, 2.05) is 43.9 Å². The minimum Gasteiger partial charge on any atom is -0.444 e. The minimum absolute atomic E-state index is 0.0529. The van der Waals surface area contributed by atoms with Gasteiger partial charge in [-0.2, -0.15) is 0 Å². The second kappa shape index (κ2) is 12.5. The van der Waals surface area contributed by atoms with Crippen molar-refractivity contribution in [1.82, 2.24) is 9.80 Å². The molecule has 0 aromatic heterocycles. The van der Waals surface area contributed by atoms with Crippen LogP contribution in [0.4, 0.5) is 9.18 Å². The van der Waals surface area contributed by atoms with E-state index >= 15 is 0 Å². The molecule has 0 bridgehead atoms. The lowest BCUT2D eigenvalue weighted by Crippen LogP contribution is -2.47. The molecule has 2 aromatic carbocycles. The van der Waals surface area contributed by atoms with Crippen LogP contribution < -0.4 is 0 Å². The average molecular weight is 539 g/mol. The number of ether oxygens (including phenoxy) is 1. The number of hydrogen-bond acceptors (Lipinski definition) is 4. The first kappa shape index (κ1) is 29.1. The van der Waals surface area contributed by atoms with Crippen LogP contribution in [0.5, 0.6) is 0 Å². The van der Waals surface area contributed by atoms with Gasteiger partial charge in [-0.05, 0) is 94.9 Å². The van der Waals surface area contributed by atoms with E-state index in [1.54, 1.807) is 24.0 Å². The van der Waals surface area contributed by atoms with Gasteiger partial charge in [0.05, 0.1) is 12.1 Å². The summed E-state index contributed by atoms with van der Waals surface area (Å²) in [6, 6.07) is 15.8. The van der Waals surface area contributed by atoms with E-state index in [1.165, 1.54) is 12.1 Å². The molecular weight excluding hydrogens is 495 g/mol. The monoisotopic (exact) mass is 538 g/mol. The quantitative estimate of drug-likeness (QED) is 0.430. The predicted molar refractivity (Wildman–Crippen MR) is 149 cm³/mol. The third-order valence-corrected chi connectivity index (χ3v) is 8.17. The van der Waals surface area contributed by atoms with Gasteiger partial charge in [-0.25, -0.2) is 9.18 Å². The third kappa shape index (κ3) is 7.59. The first-order valence-electron chi connectivity index (χ1n) is 14.3. The van der Waals surface area contributed by atoms with E-state index in [0.29, 0.717) is 24.4 Å². The number of aliphatic hydroxyl groups excluding tert-OH is 1. The highest BCUT2D eigenvalue weighted by Gasteiger charge is 2.44. The number of nitrogens with zero attached hydrogens (tertiary/aromatic N) is 2. The number of benzene rings is 2. The zero-order valence-corrected chi connectivity index (χ0v) is 23.7. The first-order chi connectivity index (χ1) is 18.5. The molecule has 1 aliphatic carbocycles. The van der Waals surface area contributed by atoms with Crippen LogP contribution in [0.1, 0.15) is 89.9 Å². The molecule has 1 aliphatic heterocycles. The Morgan fingerprint density at radius 1 is 1.03 bits per heavy atom. The lowest BCUT2D eigenvalue weighted by atomic mass is 9.81. The summed E-state index contributed by atoms with van der Waals surface area (Å²) in [7, 11) is 0. The van der Waals surface area contributed by atoms with Crippen LogP contribution in [0.25, 0.3) is 0 Å². The van der Waals surface area contributed by atoms with Gasteiger partial charge in [0.15, 0.2) is 0 Å². The van der Waals surface area contributed by atoms with E-state index in [9.17, 15) is 19.1 Å². The molecule has 2 aliphatic rings. The molecule has 1 saturated carbocycles. The number of amides is 2. The van der Waals surface area contributed by atoms with Gasteiger partial charge in [-0.15, -0.1) is 0 Å². The number of carbonyl (C=O) groups is 2. The Hall–Kier alpha value is -2.93. The smallest absolute Gasteiger partial charge is 0.410 e. The van der Waals surface area contributed by atoms with Crippen LogP contribution in [-0.2, 0) is 16.1 Å². The summed E-state index contributed by atoms with van der Waals surface area (Å²) in [5.41, 5.74) is 0.945. The van der Waals surface area contributed by atoms with E-state index in [2.05, 4.69) is 12.1 Å². The van der Waals surface area contributed by atoms with E-state index in [0.717, 1.165) is 44.1 Å². The van der Waals surface area contributed by atoms with Crippen molar-refractivity contribution in [3.8, 4) is 0 Å². The van der Waals surface area contributed by atoms with Gasteiger partial charge < -0.3 is 14.7 Å². The van der Waals surface area contributed by atoms with Gasteiger partial charge in [0.1, 0.15) is 11.4 Å². The minimum atomic E-state index is -0.990. The molecule has 1 saturated heterocycles. The summed E-state index contributed by atoms with van der Waals surface area (Å²) in [4.78, 5) is 29.6. The fourth-order valence-electron chi connectivity index (χ4n) is 6.32. The van der Waals surface area contributed by atoms with Gasteiger partial charge in [-0.1, -0.05) is 42.5 Å². The van der Waals surface area contributed by atoms with Crippen LogP contribution in [-0.4, -0.2) is 50.6 Å². The van der Waals surface area contributed by atoms with Crippen molar-refractivity contribution < 1.29 is 23.8 Å². The van der Waals surface area contributed by atoms with Gasteiger partial charge >= 0.3 is 6.09 Å². The van der Waals surface area contributed by atoms with Crippen molar-refractivity contribution in [2.24, 2.45) is 5.92 Å². The molecule has 7 heteroatoms. The first-order valence-corrected chi connectivity index (χ1v) is 14.3. The maximum atomic E-state index is 13.9. The van der Waals surface area contributed by atoms with Crippen LogP contribution in [0.2, 0.25) is 0 Å². The van der Waals surface area contributed by atoms with Gasteiger partial charge in [0, 0.05) is 25.6 Å². The number of rotatable bonds is 7. The highest BCUT2D eigenvalue weighted by atomic mass is 19.1. The summed E-state index contributed by atoms with van der Waals surface area (Å²) >= 11 is 0. The zero-order chi connectivity index (χ0) is 28.2. The lowest BCUT2D eigenvalue weighted by Gasteiger charge is -2.39. The molecule has 1 N–H and O–H groups in total. The Morgan fingerprint density at radius 3 is 2.33 bits per heavy atom. The van der Waals surface area contributed by atoms with Crippen molar-refractivity contribution in [2.75, 3.05) is 0 Å². The summed E-state index contributed by atoms with van der Waals surface area (Å²) in [6.07, 6.45) is 4.66. The number of aliphatic hydroxyl groups is 1. The second-order valence-electron chi connectivity index (χ2n) is 12.2. The highest BCUT2D eigenvalue weighted by Crippen LogP contribution is 2.40. The average Bonchev–Trinajstić information content (AvgIpc) is 3.30. The fourth-order valence-corrected chi connectivity index (χ4v) is 6.32. The van der Waals surface area contributed by atoms with E-state index in [4.69, 9.17) is 4.74 Å². The Kier molecular flexibility index (Phi) is 9.31. The zero-order valence-electron chi connectivity index (χ0n) is 23.7. The molecule has 6 nitrogen and oxygen atoms in total. The standard InChI is InChI=1S/C32H43FN2O4/c1-22(36)34(21-24-9-6-5-7-10-24)27-15-13-23(14-16-27)19-28-17-18-29(35(28)31(38)39-32(2,3)4)30(37)25-11-8-12-26(33)20-25/h5-12,20,23,27-30,37H,13-19,21H2,1-4H3/t23?,27?,28-,29+,30+/m0/s1. The molecule has 0 spiro atoms. The van der Waals surface area contributed by atoms with Crippen molar-refractivity contribution in [3.63, 3.8) is 0 Å². The van der Waals surface area contributed by atoms with Crippen LogP contribution in [0.15, 0.2) is 54.6 Å². The van der Waals surface area contributed by atoms with Crippen molar-refractivity contribution in [1.29, 1.82) is 0 Å². The third-order valence-electron chi connectivity index (χ3n) is 8.17.